The van der Waals surface area contributed by atoms with Crippen molar-refractivity contribution in [3.63, 3.8) is 0 Å². The zero-order chi connectivity index (χ0) is 18.6. The summed E-state index contributed by atoms with van der Waals surface area (Å²) in [4.78, 5) is 13.9. The van der Waals surface area contributed by atoms with Crippen molar-refractivity contribution in [1.29, 1.82) is 0 Å². The van der Waals surface area contributed by atoms with E-state index in [0.717, 1.165) is 10.3 Å². The van der Waals surface area contributed by atoms with Crippen LogP contribution in [0.4, 0.5) is 0 Å². The van der Waals surface area contributed by atoms with Crippen LogP contribution in [0, 0.1) is 10.6 Å². The molecule has 0 saturated heterocycles. The number of carbonyl (C=O) groups excluding carboxylic acids is 1. The van der Waals surface area contributed by atoms with E-state index < -0.39 is 11.6 Å². The Kier molecular flexibility index (Phi) is 5.56. The van der Waals surface area contributed by atoms with Gasteiger partial charge in [-0.3, -0.25) is 4.79 Å². The fourth-order valence-electron chi connectivity index (χ4n) is 1.98. The van der Waals surface area contributed by atoms with Gasteiger partial charge in [-0.25, -0.2) is 4.74 Å². The molecule has 1 unspecified atom stereocenters. The van der Waals surface area contributed by atoms with Gasteiger partial charge in [0.1, 0.15) is 5.75 Å². The molecular weight excluding hydrogens is 320 g/mol. The van der Waals surface area contributed by atoms with Crippen molar-refractivity contribution in [2.75, 3.05) is 0 Å². The molecule has 0 aliphatic heterocycles. The van der Waals surface area contributed by atoms with Gasteiger partial charge in [0, 0.05) is 11.0 Å². The van der Waals surface area contributed by atoms with Crippen LogP contribution in [0.5, 0.6) is 5.75 Å². The van der Waals surface area contributed by atoms with Crippen LogP contribution in [-0.2, 0) is 4.79 Å². The molecule has 1 heterocycles. The highest BCUT2D eigenvalue weighted by Crippen LogP contribution is 2.25. The van der Waals surface area contributed by atoms with E-state index in [2.05, 4.69) is 10.2 Å². The van der Waals surface area contributed by atoms with Gasteiger partial charge in [0.2, 0.25) is 5.78 Å². The number of aromatic nitrogens is 3. The molecule has 134 valence electrons. The number of rotatable bonds is 6. The number of ketones is 1. The summed E-state index contributed by atoms with van der Waals surface area (Å²) in [7, 11) is 0. The monoisotopic (exact) mass is 344 g/mol. The van der Waals surface area contributed by atoms with E-state index in [0.29, 0.717) is 5.75 Å². The SMILES string of the molecule is CC(C)/[N+]([O-])=C/c1ccc(OC(C(=O)C(C)(C)C)n2nccn2)cc1. The second-order valence-corrected chi connectivity index (χ2v) is 7.09. The van der Waals surface area contributed by atoms with Crippen LogP contribution < -0.4 is 4.74 Å². The molecule has 0 bridgehead atoms. The van der Waals surface area contributed by atoms with Crippen molar-refractivity contribution in [2.45, 2.75) is 46.9 Å². The first-order valence-electron chi connectivity index (χ1n) is 8.15. The van der Waals surface area contributed by atoms with Gasteiger partial charge in [0.05, 0.1) is 12.4 Å². The number of hydrogen-bond acceptors (Lipinski definition) is 5. The average molecular weight is 344 g/mol. The summed E-state index contributed by atoms with van der Waals surface area (Å²) in [6.07, 6.45) is 3.57. The van der Waals surface area contributed by atoms with Gasteiger partial charge in [-0.2, -0.15) is 10.2 Å². The number of ether oxygens (including phenoxy) is 1. The van der Waals surface area contributed by atoms with E-state index in [9.17, 15) is 10.0 Å². The molecule has 25 heavy (non-hydrogen) atoms. The van der Waals surface area contributed by atoms with Crippen molar-refractivity contribution < 1.29 is 14.3 Å². The van der Waals surface area contributed by atoms with Crippen molar-refractivity contribution in [3.05, 3.63) is 47.4 Å². The Bertz CT molecular complexity index is 729. The van der Waals surface area contributed by atoms with E-state index in [-0.39, 0.29) is 11.8 Å². The number of hydrogen-bond donors (Lipinski definition) is 0. The fraction of sp³-hybridized carbons (Fsp3) is 0.444. The Hall–Kier alpha value is -2.70. The number of hydroxylamine groups is 1. The second kappa shape index (κ2) is 7.46. The highest BCUT2D eigenvalue weighted by atomic mass is 16.5. The minimum Gasteiger partial charge on any atom is -0.624 e. The number of Topliss-reactive ketones (excluding diaryl/α,β-unsaturated/α-hetero) is 1. The minimum absolute atomic E-state index is 0.129. The predicted molar refractivity (Wildman–Crippen MR) is 94.5 cm³/mol. The lowest BCUT2D eigenvalue weighted by molar-refractivity contribution is -0.487. The van der Waals surface area contributed by atoms with E-state index in [1.165, 1.54) is 23.4 Å². The van der Waals surface area contributed by atoms with E-state index in [4.69, 9.17) is 4.74 Å². The average Bonchev–Trinajstić information content (AvgIpc) is 3.06. The topological polar surface area (TPSA) is 83.1 Å². The van der Waals surface area contributed by atoms with Gasteiger partial charge in [-0.1, -0.05) is 20.8 Å². The van der Waals surface area contributed by atoms with Crippen molar-refractivity contribution in [3.8, 4) is 5.75 Å². The van der Waals surface area contributed by atoms with Crippen LogP contribution in [0.15, 0.2) is 36.7 Å². The molecule has 7 nitrogen and oxygen atoms in total. The standard InChI is InChI=1S/C18H24N4O3/c1-13(2)21(24)12-14-6-8-15(9-7-14)25-17(16(23)18(3,4)5)22-19-10-11-20-22/h6-13,17H,1-5H3/b21-12-. The summed E-state index contributed by atoms with van der Waals surface area (Å²) >= 11 is 0. The summed E-state index contributed by atoms with van der Waals surface area (Å²) in [6.45, 7) is 9.10. The van der Waals surface area contributed by atoms with Gasteiger partial charge in [0.15, 0.2) is 12.3 Å². The normalized spacial score (nSPS) is 13.8. The summed E-state index contributed by atoms with van der Waals surface area (Å²) < 4.78 is 6.72. The summed E-state index contributed by atoms with van der Waals surface area (Å²) in [5.41, 5.74) is 0.152. The molecule has 2 rings (SSSR count). The zero-order valence-electron chi connectivity index (χ0n) is 15.2. The van der Waals surface area contributed by atoms with Gasteiger partial charge >= 0.3 is 0 Å². The van der Waals surface area contributed by atoms with Crippen molar-refractivity contribution in [1.82, 2.24) is 15.0 Å². The quantitative estimate of drug-likeness (QED) is 0.348. The Morgan fingerprint density at radius 3 is 2.24 bits per heavy atom. The highest BCUT2D eigenvalue weighted by Gasteiger charge is 2.33. The first-order valence-corrected chi connectivity index (χ1v) is 8.15. The van der Waals surface area contributed by atoms with Crippen LogP contribution in [0.1, 0.15) is 46.4 Å². The third-order valence-electron chi connectivity index (χ3n) is 3.52. The number of carbonyl (C=O) groups is 1. The molecule has 0 aliphatic rings. The van der Waals surface area contributed by atoms with Gasteiger partial charge in [-0.05, 0) is 38.1 Å². The maximum absolute atomic E-state index is 12.7. The lowest BCUT2D eigenvalue weighted by Gasteiger charge is -2.24. The van der Waals surface area contributed by atoms with Crippen LogP contribution in [0.25, 0.3) is 0 Å². The third-order valence-corrected chi connectivity index (χ3v) is 3.52. The van der Waals surface area contributed by atoms with Crippen LogP contribution in [0.3, 0.4) is 0 Å². The number of benzene rings is 1. The molecule has 0 saturated carbocycles. The van der Waals surface area contributed by atoms with Gasteiger partial charge in [-0.15, -0.1) is 4.80 Å². The fourth-order valence-corrected chi connectivity index (χ4v) is 1.98. The molecule has 0 aliphatic carbocycles. The van der Waals surface area contributed by atoms with Crippen LogP contribution in [-0.4, -0.2) is 37.8 Å². The van der Waals surface area contributed by atoms with Gasteiger partial charge < -0.3 is 9.94 Å². The first-order chi connectivity index (χ1) is 11.7. The molecule has 0 fully saturated rings. The zero-order valence-corrected chi connectivity index (χ0v) is 15.2. The molecular formula is C18H24N4O3. The van der Waals surface area contributed by atoms with E-state index in [1.54, 1.807) is 24.3 Å². The maximum atomic E-state index is 12.7. The highest BCUT2D eigenvalue weighted by molar-refractivity contribution is 5.86. The maximum Gasteiger partial charge on any atom is 0.267 e. The Morgan fingerprint density at radius 1 is 1.20 bits per heavy atom. The lowest BCUT2D eigenvalue weighted by Crippen LogP contribution is -2.35. The van der Waals surface area contributed by atoms with E-state index >= 15 is 0 Å². The lowest BCUT2D eigenvalue weighted by atomic mass is 9.90. The Balaban J connectivity index is 2.22. The van der Waals surface area contributed by atoms with Crippen LogP contribution >= 0.6 is 0 Å². The molecule has 1 aromatic carbocycles. The summed E-state index contributed by atoms with van der Waals surface area (Å²) in [5.74, 6) is 0.365. The first kappa shape index (κ1) is 18.6. The molecule has 0 amide bonds. The van der Waals surface area contributed by atoms with E-state index in [1.807, 2.05) is 34.6 Å². The van der Waals surface area contributed by atoms with Crippen molar-refractivity contribution in [2.24, 2.45) is 5.41 Å². The Labute approximate surface area is 147 Å². The largest absolute Gasteiger partial charge is 0.624 e. The Morgan fingerprint density at radius 2 is 1.76 bits per heavy atom. The second-order valence-electron chi connectivity index (χ2n) is 7.09. The predicted octanol–water partition coefficient (Wildman–Crippen LogP) is 2.81. The molecule has 0 radical (unpaired) electrons. The van der Waals surface area contributed by atoms with Crippen molar-refractivity contribution >= 4 is 12.0 Å². The molecule has 1 atom stereocenters. The molecule has 0 N–H and O–H groups in total. The molecule has 7 heteroatoms. The third kappa shape index (κ3) is 4.89. The van der Waals surface area contributed by atoms with Crippen LogP contribution in [0.2, 0.25) is 0 Å². The molecule has 0 spiro atoms. The van der Waals surface area contributed by atoms with Gasteiger partial charge in [0.25, 0.3) is 6.23 Å². The summed E-state index contributed by atoms with van der Waals surface area (Å²) in [5, 5.41) is 19.8. The molecule has 2 aromatic rings. The molecule has 1 aromatic heterocycles. The smallest absolute Gasteiger partial charge is 0.267 e. The summed E-state index contributed by atoms with van der Waals surface area (Å²) in [6, 6.07) is 6.82. The minimum atomic E-state index is -0.948. The number of nitrogens with zero attached hydrogens (tertiary/aromatic N) is 4.